The number of nitrogens with one attached hydrogen (secondary N) is 4. The van der Waals surface area contributed by atoms with E-state index in [0.717, 1.165) is 59.5 Å². The number of carboxylic acids is 1. The van der Waals surface area contributed by atoms with E-state index in [1.165, 1.54) is 6.42 Å². The van der Waals surface area contributed by atoms with E-state index in [4.69, 9.17) is 9.84 Å². The predicted molar refractivity (Wildman–Crippen MR) is 168 cm³/mol. The lowest BCUT2D eigenvalue weighted by atomic mass is 9.55. The largest absolute Gasteiger partial charge is 0.481 e. The maximum atomic E-state index is 14.1. The van der Waals surface area contributed by atoms with Crippen molar-refractivity contribution in [2.24, 2.45) is 23.7 Å². The van der Waals surface area contributed by atoms with Gasteiger partial charge in [-0.2, -0.15) is 0 Å². The van der Waals surface area contributed by atoms with Crippen molar-refractivity contribution in [2.75, 3.05) is 6.54 Å². The number of benzene rings is 2. The smallest absolute Gasteiger partial charge is 0.408 e. The Kier molecular flexibility index (Phi) is 8.83. The van der Waals surface area contributed by atoms with Gasteiger partial charge < -0.3 is 30.8 Å². The Balaban J connectivity index is 1.19. The van der Waals surface area contributed by atoms with E-state index < -0.39 is 35.5 Å². The number of fused-ring (bicyclic) bond motifs is 1. The van der Waals surface area contributed by atoms with Gasteiger partial charge in [0.15, 0.2) is 0 Å². The Labute approximate surface area is 262 Å². The van der Waals surface area contributed by atoms with Crippen LogP contribution in [0.2, 0.25) is 0 Å². The summed E-state index contributed by atoms with van der Waals surface area (Å²) < 4.78 is 6.13. The van der Waals surface area contributed by atoms with E-state index in [1.807, 2.05) is 60.8 Å². The van der Waals surface area contributed by atoms with Crippen molar-refractivity contribution in [2.45, 2.75) is 76.0 Å². The molecule has 3 amide bonds. The molecule has 4 bridgehead atoms. The summed E-state index contributed by atoms with van der Waals surface area (Å²) in [6.07, 6.45) is 6.62. The Morgan fingerprint density at radius 2 is 1.60 bits per heavy atom. The van der Waals surface area contributed by atoms with Gasteiger partial charge in [-0.05, 0) is 79.9 Å². The number of H-pyrrole nitrogens is 1. The molecule has 2 atom stereocenters. The number of hydrogen-bond donors (Lipinski definition) is 5. The molecule has 0 radical (unpaired) electrons. The second kappa shape index (κ2) is 12.9. The van der Waals surface area contributed by atoms with Crippen molar-refractivity contribution in [3.63, 3.8) is 0 Å². The number of ether oxygens (including phenoxy) is 1. The maximum Gasteiger partial charge on any atom is 0.408 e. The van der Waals surface area contributed by atoms with Gasteiger partial charge >= 0.3 is 12.1 Å². The normalized spacial score (nSPS) is 25.2. The third-order valence-corrected chi connectivity index (χ3v) is 10.1. The minimum Gasteiger partial charge on any atom is -0.481 e. The minimum absolute atomic E-state index is 0.0391. The summed E-state index contributed by atoms with van der Waals surface area (Å²) >= 11 is 0. The topological polar surface area (TPSA) is 150 Å². The highest BCUT2D eigenvalue weighted by atomic mass is 16.6. The molecule has 0 aliphatic heterocycles. The molecule has 1 aromatic heterocycles. The molecule has 5 N–H and O–H groups in total. The van der Waals surface area contributed by atoms with E-state index in [-0.39, 0.29) is 31.9 Å². The van der Waals surface area contributed by atoms with Gasteiger partial charge in [-0.3, -0.25) is 14.4 Å². The van der Waals surface area contributed by atoms with E-state index in [9.17, 15) is 19.2 Å². The van der Waals surface area contributed by atoms with Crippen molar-refractivity contribution in [3.8, 4) is 0 Å². The van der Waals surface area contributed by atoms with Gasteiger partial charge in [-0.25, -0.2) is 4.79 Å². The molecule has 0 saturated heterocycles. The summed E-state index contributed by atoms with van der Waals surface area (Å²) in [4.78, 5) is 54.4. The molecular formula is C35H42N4O6. The lowest BCUT2D eigenvalue weighted by Crippen LogP contribution is -2.60. The van der Waals surface area contributed by atoms with Crippen LogP contribution in [0.3, 0.4) is 0 Å². The first-order valence-corrected chi connectivity index (χ1v) is 16.0. The van der Waals surface area contributed by atoms with Gasteiger partial charge in [0.2, 0.25) is 11.8 Å². The number of carbonyl (C=O) groups is 4. The van der Waals surface area contributed by atoms with Crippen LogP contribution in [0.25, 0.3) is 10.9 Å². The molecule has 3 aromatic rings. The SMILES string of the molecule is C[C@@](Cc1c[nH]c2ccccc12)(NC(=O)OC1C2CC3CC(C2)CC1C3)C(=O)NC[C@@H](NC(=O)CCC(=O)O)c1ccccc1. The highest BCUT2D eigenvalue weighted by molar-refractivity contribution is 5.91. The van der Waals surface area contributed by atoms with Gasteiger partial charge in [0.05, 0.1) is 12.5 Å². The number of alkyl carbamates (subject to hydrolysis) is 1. The minimum atomic E-state index is -1.37. The summed E-state index contributed by atoms with van der Waals surface area (Å²) in [6.45, 7) is 1.74. The molecular weight excluding hydrogens is 572 g/mol. The maximum absolute atomic E-state index is 14.1. The van der Waals surface area contributed by atoms with Gasteiger partial charge in [-0.15, -0.1) is 0 Å². The monoisotopic (exact) mass is 614 g/mol. The van der Waals surface area contributed by atoms with Crippen molar-refractivity contribution in [3.05, 3.63) is 71.9 Å². The molecule has 4 aliphatic rings. The summed E-state index contributed by atoms with van der Waals surface area (Å²) in [5.74, 6) is 0.351. The van der Waals surface area contributed by atoms with Crippen molar-refractivity contribution < 1.29 is 29.0 Å². The quantitative estimate of drug-likeness (QED) is 0.197. The molecule has 2 aromatic carbocycles. The van der Waals surface area contributed by atoms with Crippen molar-refractivity contribution in [1.29, 1.82) is 0 Å². The first-order chi connectivity index (χ1) is 21.7. The molecule has 10 nitrogen and oxygen atoms in total. The number of aromatic nitrogens is 1. The molecule has 1 heterocycles. The van der Waals surface area contributed by atoms with Crippen LogP contribution in [-0.4, -0.2) is 52.2 Å². The van der Waals surface area contributed by atoms with Crippen LogP contribution in [0.1, 0.15) is 69.0 Å². The fraction of sp³-hybridized carbons (Fsp3) is 0.486. The molecule has 0 unspecified atom stereocenters. The Morgan fingerprint density at radius 3 is 2.29 bits per heavy atom. The third-order valence-electron chi connectivity index (χ3n) is 10.1. The van der Waals surface area contributed by atoms with Crippen molar-refractivity contribution in [1.82, 2.24) is 20.9 Å². The van der Waals surface area contributed by atoms with Crippen LogP contribution in [0.5, 0.6) is 0 Å². The third kappa shape index (κ3) is 7.00. The van der Waals surface area contributed by atoms with Gasteiger partial charge in [-0.1, -0.05) is 48.5 Å². The van der Waals surface area contributed by atoms with E-state index >= 15 is 0 Å². The Bertz CT molecular complexity index is 1530. The second-order valence-corrected chi connectivity index (χ2v) is 13.4. The number of hydrogen-bond acceptors (Lipinski definition) is 5. The number of amides is 3. The number of aromatic amines is 1. The van der Waals surface area contributed by atoms with E-state index in [1.54, 1.807) is 6.92 Å². The van der Waals surface area contributed by atoms with Gasteiger partial charge in [0.25, 0.3) is 0 Å². The summed E-state index contributed by atoms with van der Waals surface area (Å²) in [5, 5.41) is 18.7. The summed E-state index contributed by atoms with van der Waals surface area (Å²) in [7, 11) is 0. The molecule has 0 spiro atoms. The number of para-hydroxylation sites is 1. The molecule has 7 rings (SSSR count). The zero-order chi connectivity index (χ0) is 31.6. The molecule has 10 heteroatoms. The Morgan fingerprint density at radius 1 is 0.933 bits per heavy atom. The van der Waals surface area contributed by atoms with Crippen LogP contribution in [0.15, 0.2) is 60.8 Å². The highest BCUT2D eigenvalue weighted by Crippen LogP contribution is 2.54. The van der Waals surface area contributed by atoms with Crippen LogP contribution < -0.4 is 16.0 Å². The molecule has 4 fully saturated rings. The number of carbonyl (C=O) groups excluding carboxylic acids is 3. The summed E-state index contributed by atoms with van der Waals surface area (Å²) in [6, 6.07) is 16.4. The van der Waals surface area contributed by atoms with Crippen LogP contribution >= 0.6 is 0 Å². The average Bonchev–Trinajstić information content (AvgIpc) is 3.42. The number of aliphatic carboxylic acids is 1. The van der Waals surface area contributed by atoms with Crippen molar-refractivity contribution >= 4 is 34.8 Å². The first-order valence-electron chi connectivity index (χ1n) is 16.0. The fourth-order valence-corrected chi connectivity index (χ4v) is 8.10. The predicted octanol–water partition coefficient (Wildman–Crippen LogP) is 4.86. The molecule has 4 aliphatic carbocycles. The molecule has 4 saturated carbocycles. The van der Waals surface area contributed by atoms with Crippen LogP contribution in [-0.2, 0) is 25.5 Å². The van der Waals surface area contributed by atoms with Crippen LogP contribution in [0.4, 0.5) is 4.79 Å². The Hall–Kier alpha value is -4.34. The van der Waals surface area contributed by atoms with Gasteiger partial charge in [0, 0.05) is 36.5 Å². The van der Waals surface area contributed by atoms with E-state index in [2.05, 4.69) is 20.9 Å². The number of carboxylic acid groups (broad SMARTS) is 1. The molecule has 45 heavy (non-hydrogen) atoms. The standard InChI is InChI=1S/C35H42N4O6/c1-35(18-26-19-36-28-10-6-5-9-27(26)28,39-34(44)45-32-24-14-21-13-22(16-24)17-25(32)15-21)33(43)37-20-29(23-7-3-2-4-8-23)38-30(40)11-12-31(41)42/h2-10,19,21-22,24-25,29,32,36H,11-18,20H2,1H3,(H,37,43)(H,38,40)(H,39,44)(H,41,42)/t21?,22?,24?,25?,29-,32?,35+/m1/s1. The van der Waals surface area contributed by atoms with Gasteiger partial charge in [0.1, 0.15) is 11.6 Å². The molecule has 238 valence electrons. The average molecular weight is 615 g/mol. The van der Waals surface area contributed by atoms with E-state index in [0.29, 0.717) is 11.8 Å². The zero-order valence-corrected chi connectivity index (χ0v) is 25.6. The number of rotatable bonds is 12. The second-order valence-electron chi connectivity index (χ2n) is 13.4. The van der Waals surface area contributed by atoms with Crippen LogP contribution in [0, 0.1) is 23.7 Å². The fourth-order valence-electron chi connectivity index (χ4n) is 8.10. The summed E-state index contributed by atoms with van der Waals surface area (Å²) in [5.41, 5.74) is 1.19. The zero-order valence-electron chi connectivity index (χ0n) is 25.6. The first kappa shape index (κ1) is 30.7. The lowest BCUT2D eigenvalue weighted by molar-refractivity contribution is -0.138. The lowest BCUT2D eigenvalue weighted by Gasteiger charge is -2.53. The highest BCUT2D eigenvalue weighted by Gasteiger charge is 2.50.